The average Bonchev–Trinajstić information content (AvgIpc) is 2.18. The van der Waals surface area contributed by atoms with Crippen LogP contribution in [0.3, 0.4) is 0 Å². The molecule has 2 unspecified atom stereocenters. The summed E-state index contributed by atoms with van der Waals surface area (Å²) < 4.78 is 28.2. The predicted octanol–water partition coefficient (Wildman–Crippen LogP) is -1.95. The fraction of sp³-hybridized carbons (Fsp3) is 0.222. The second-order valence-electron chi connectivity index (χ2n) is 3.11. The van der Waals surface area contributed by atoms with E-state index < -0.39 is 19.0 Å². The van der Waals surface area contributed by atoms with Gasteiger partial charge in [-0.1, -0.05) is 30.3 Å². The number of rotatable bonds is 4. The van der Waals surface area contributed by atoms with Crippen molar-refractivity contribution in [2.45, 2.75) is 8.86 Å². The first-order chi connectivity index (χ1) is 7.30. The fourth-order valence-electron chi connectivity index (χ4n) is 1.19. The maximum atomic E-state index is 11.0. The molecule has 0 saturated carbocycles. The minimum Gasteiger partial charge on any atom is -1.00 e. The minimum absolute atomic E-state index is 0. The summed E-state index contributed by atoms with van der Waals surface area (Å²) in [6, 6.07) is 7.87. The third-order valence-corrected chi connectivity index (χ3v) is 5.36. The van der Waals surface area contributed by atoms with Crippen molar-refractivity contribution in [3.8, 4) is 0 Å². The van der Waals surface area contributed by atoms with Crippen molar-refractivity contribution in [3.63, 3.8) is 0 Å². The molecule has 0 heterocycles. The maximum absolute atomic E-state index is 11.0. The standard InChI is InChI=1S/C9H9IO5S.Na.H/c10-9(12,16(13,14)15)8(6-11)7-4-2-1-3-5-7;;/h1-6,8,12H,(H,13,14,15);;/q;+1;-1. The maximum Gasteiger partial charge on any atom is 1.00 e. The Labute approximate surface area is 136 Å². The van der Waals surface area contributed by atoms with Gasteiger partial charge in [0.2, 0.25) is 0 Å². The van der Waals surface area contributed by atoms with Crippen LogP contribution in [0, 0.1) is 0 Å². The van der Waals surface area contributed by atoms with E-state index in [-0.39, 0.29) is 37.3 Å². The number of hydrogen-bond acceptors (Lipinski definition) is 4. The van der Waals surface area contributed by atoms with Gasteiger partial charge in [0.15, 0.2) is 0 Å². The van der Waals surface area contributed by atoms with E-state index in [1.165, 1.54) is 12.1 Å². The number of halogens is 1. The molecule has 1 aromatic carbocycles. The van der Waals surface area contributed by atoms with E-state index in [4.69, 9.17) is 4.55 Å². The first-order valence-corrected chi connectivity index (χ1v) is 6.71. The zero-order valence-corrected chi connectivity index (χ0v) is 13.9. The monoisotopic (exact) mass is 380 g/mol. The quantitative estimate of drug-likeness (QED) is 0.209. The molecule has 0 aliphatic carbocycles. The van der Waals surface area contributed by atoms with Gasteiger partial charge in [-0.05, 0) is 28.2 Å². The topological polar surface area (TPSA) is 91.7 Å². The molecular formula is C9H10INaO5S. The van der Waals surface area contributed by atoms with Crippen molar-refractivity contribution in [1.82, 2.24) is 0 Å². The van der Waals surface area contributed by atoms with E-state index in [0.717, 1.165) is 22.6 Å². The van der Waals surface area contributed by atoms with Crippen molar-refractivity contribution >= 4 is 39.0 Å². The van der Waals surface area contributed by atoms with Crippen LogP contribution in [-0.4, -0.2) is 27.3 Å². The normalized spacial score (nSPS) is 16.4. The Kier molecular flexibility index (Phi) is 6.79. The number of benzene rings is 1. The summed E-state index contributed by atoms with van der Waals surface area (Å²) in [6.07, 6.45) is 0.287. The molecule has 1 aromatic rings. The Morgan fingerprint density at radius 3 is 2.18 bits per heavy atom. The van der Waals surface area contributed by atoms with Crippen molar-refractivity contribution in [2.75, 3.05) is 0 Å². The third-order valence-electron chi connectivity index (χ3n) is 2.04. The van der Waals surface area contributed by atoms with Gasteiger partial charge in [-0.3, -0.25) is 4.55 Å². The Morgan fingerprint density at radius 1 is 1.35 bits per heavy atom. The van der Waals surface area contributed by atoms with Crippen LogP contribution >= 0.6 is 22.6 Å². The zero-order chi connectivity index (χ0) is 12.4. The van der Waals surface area contributed by atoms with Crippen LogP contribution in [0.15, 0.2) is 30.3 Å². The van der Waals surface area contributed by atoms with E-state index >= 15 is 0 Å². The van der Waals surface area contributed by atoms with Crippen molar-refractivity contribution in [1.29, 1.82) is 0 Å². The van der Waals surface area contributed by atoms with Crippen molar-refractivity contribution < 1.29 is 53.9 Å². The predicted molar refractivity (Wildman–Crippen MR) is 66.9 cm³/mol. The molecule has 0 spiro atoms. The van der Waals surface area contributed by atoms with E-state index in [0.29, 0.717) is 5.56 Å². The van der Waals surface area contributed by atoms with Crippen molar-refractivity contribution in [2.24, 2.45) is 0 Å². The summed E-state index contributed by atoms with van der Waals surface area (Å²) in [5.74, 6) is -1.34. The van der Waals surface area contributed by atoms with Crippen LogP contribution in [-0.2, 0) is 14.9 Å². The molecule has 8 heteroatoms. The molecule has 0 radical (unpaired) electrons. The molecule has 0 aliphatic rings. The van der Waals surface area contributed by atoms with Gasteiger partial charge in [-0.25, -0.2) is 0 Å². The molecule has 17 heavy (non-hydrogen) atoms. The minimum atomic E-state index is -4.75. The zero-order valence-electron chi connectivity index (χ0n) is 9.95. The molecule has 0 aromatic heterocycles. The number of carbonyl (C=O) groups is 1. The third kappa shape index (κ3) is 3.98. The summed E-state index contributed by atoms with van der Waals surface area (Å²) in [4.78, 5) is 10.9. The molecule has 0 bridgehead atoms. The van der Waals surface area contributed by atoms with Crippen LogP contribution in [0.1, 0.15) is 12.9 Å². The Hall–Kier alpha value is 0.490. The summed E-state index contributed by atoms with van der Waals surface area (Å²) in [7, 11) is -4.75. The van der Waals surface area contributed by atoms with Gasteiger partial charge in [0.25, 0.3) is 2.94 Å². The Balaban J connectivity index is 0. The van der Waals surface area contributed by atoms with Gasteiger partial charge < -0.3 is 11.3 Å². The molecule has 90 valence electrons. The van der Waals surface area contributed by atoms with E-state index in [1.807, 2.05) is 0 Å². The largest absolute Gasteiger partial charge is 1.00 e. The van der Waals surface area contributed by atoms with Gasteiger partial charge in [0.05, 0.1) is 5.92 Å². The number of alkyl halides is 1. The molecule has 1 rings (SSSR count). The van der Waals surface area contributed by atoms with Crippen LogP contribution in [0.2, 0.25) is 0 Å². The summed E-state index contributed by atoms with van der Waals surface area (Å²) >= 11 is 1.13. The van der Waals surface area contributed by atoms with Crippen LogP contribution < -0.4 is 29.6 Å². The number of aldehydes is 1. The first-order valence-electron chi connectivity index (χ1n) is 4.19. The number of carbonyl (C=O) groups excluding carboxylic acids is 1. The Morgan fingerprint density at radius 2 is 1.82 bits per heavy atom. The van der Waals surface area contributed by atoms with E-state index in [9.17, 15) is 18.3 Å². The average molecular weight is 380 g/mol. The fourth-order valence-corrected chi connectivity index (χ4v) is 2.21. The molecule has 0 fully saturated rings. The van der Waals surface area contributed by atoms with Gasteiger partial charge >= 0.3 is 39.7 Å². The second kappa shape index (κ2) is 6.60. The summed E-state index contributed by atoms with van der Waals surface area (Å²) in [5, 5.41) is 9.68. The smallest absolute Gasteiger partial charge is 1.00 e. The van der Waals surface area contributed by atoms with Crippen LogP contribution in [0.5, 0.6) is 0 Å². The van der Waals surface area contributed by atoms with E-state index in [1.54, 1.807) is 18.2 Å². The number of aliphatic hydroxyl groups is 1. The summed E-state index contributed by atoms with van der Waals surface area (Å²) in [5.41, 5.74) is 0.312. The van der Waals surface area contributed by atoms with Gasteiger partial charge in [-0.2, -0.15) is 8.42 Å². The van der Waals surface area contributed by atoms with Crippen molar-refractivity contribution in [3.05, 3.63) is 35.9 Å². The molecule has 0 amide bonds. The SMILES string of the molecule is O=CC(c1ccccc1)C(O)(I)S(=O)(=O)O.[H-].[Na+]. The van der Waals surface area contributed by atoms with E-state index in [2.05, 4.69) is 0 Å². The Bertz CT molecular complexity index is 479. The molecule has 0 aliphatic heterocycles. The van der Waals surface area contributed by atoms with Gasteiger partial charge in [0, 0.05) is 0 Å². The summed E-state index contributed by atoms with van der Waals surface area (Å²) in [6.45, 7) is 0. The molecule has 0 saturated heterocycles. The molecular weight excluding hydrogens is 370 g/mol. The first kappa shape index (κ1) is 17.5. The molecule has 5 nitrogen and oxygen atoms in total. The molecule has 2 atom stereocenters. The molecule has 2 N–H and O–H groups in total. The number of hydrogen-bond donors (Lipinski definition) is 2. The van der Waals surface area contributed by atoms with Gasteiger partial charge in [-0.15, -0.1) is 0 Å². The van der Waals surface area contributed by atoms with Crippen LogP contribution in [0.4, 0.5) is 0 Å². The van der Waals surface area contributed by atoms with Crippen LogP contribution in [0.25, 0.3) is 0 Å². The van der Waals surface area contributed by atoms with Gasteiger partial charge in [0.1, 0.15) is 6.29 Å². The second-order valence-corrected chi connectivity index (χ2v) is 7.06.